The monoisotopic (exact) mass is 294 g/mol. The van der Waals surface area contributed by atoms with Crippen LogP contribution in [0.1, 0.15) is 49.9 Å². The summed E-state index contributed by atoms with van der Waals surface area (Å²) in [5.74, 6) is 0. The van der Waals surface area contributed by atoms with E-state index in [0.717, 1.165) is 12.8 Å². The molecule has 0 bridgehead atoms. The van der Waals surface area contributed by atoms with E-state index in [9.17, 15) is 0 Å². The van der Waals surface area contributed by atoms with E-state index >= 15 is 0 Å². The molecule has 0 spiro atoms. The lowest BCUT2D eigenvalue weighted by atomic mass is 9.92. The fraction of sp³-hybridized carbons (Fsp3) is 0.333. The van der Waals surface area contributed by atoms with Gasteiger partial charge in [-0.25, -0.2) is 9.97 Å². The van der Waals surface area contributed by atoms with Gasteiger partial charge in [0.1, 0.15) is 0 Å². The molecule has 0 amide bonds. The molecule has 0 aliphatic heterocycles. The molecule has 0 aliphatic rings. The van der Waals surface area contributed by atoms with Crippen LogP contribution in [-0.2, 0) is 0 Å². The Hall–Kier alpha value is -2.36. The highest BCUT2D eigenvalue weighted by molar-refractivity contribution is 5.34. The summed E-state index contributed by atoms with van der Waals surface area (Å²) in [4.78, 5) is 8.42. The average molecular weight is 294 g/mol. The Labute approximate surface area is 131 Å². The normalized spacial score (nSPS) is 13.9. The van der Waals surface area contributed by atoms with Gasteiger partial charge in [0.25, 0.3) is 0 Å². The summed E-state index contributed by atoms with van der Waals surface area (Å²) < 4.78 is 4.39. The number of nitrogens with zero attached hydrogens (tertiary/aromatic N) is 4. The zero-order valence-electron chi connectivity index (χ0n) is 13.1. The zero-order valence-corrected chi connectivity index (χ0v) is 13.1. The summed E-state index contributed by atoms with van der Waals surface area (Å²) in [6.45, 7) is 4.44. The van der Waals surface area contributed by atoms with Crippen LogP contribution >= 0.6 is 0 Å². The Bertz CT molecular complexity index is 624. The molecule has 3 rings (SSSR count). The van der Waals surface area contributed by atoms with Gasteiger partial charge < -0.3 is 9.13 Å². The second kappa shape index (κ2) is 6.60. The maximum Gasteiger partial charge on any atom is 0.0951 e. The van der Waals surface area contributed by atoms with Gasteiger partial charge in [-0.3, -0.25) is 0 Å². The van der Waals surface area contributed by atoms with Crippen LogP contribution in [0.5, 0.6) is 0 Å². The first-order chi connectivity index (χ1) is 10.8. The molecule has 3 aromatic rings. The van der Waals surface area contributed by atoms with Crippen LogP contribution in [0.15, 0.2) is 61.7 Å². The predicted molar refractivity (Wildman–Crippen MR) is 87.8 cm³/mol. The summed E-state index contributed by atoms with van der Waals surface area (Å²) in [5.41, 5.74) is 2.73. The molecule has 4 heteroatoms. The van der Waals surface area contributed by atoms with Gasteiger partial charge in [-0.15, -0.1) is 0 Å². The molecule has 0 N–H and O–H groups in total. The van der Waals surface area contributed by atoms with Gasteiger partial charge in [0.05, 0.1) is 24.7 Å². The third-order valence-electron chi connectivity index (χ3n) is 4.26. The summed E-state index contributed by atoms with van der Waals surface area (Å²) in [6.07, 6.45) is 13.7. The number of aromatic nitrogens is 4. The quantitative estimate of drug-likeness (QED) is 0.686. The van der Waals surface area contributed by atoms with Crippen molar-refractivity contribution in [3.8, 4) is 0 Å². The van der Waals surface area contributed by atoms with Gasteiger partial charge in [0, 0.05) is 24.8 Å². The lowest BCUT2D eigenvalue weighted by molar-refractivity contribution is 0.523. The van der Waals surface area contributed by atoms with Crippen molar-refractivity contribution in [3.63, 3.8) is 0 Å². The van der Waals surface area contributed by atoms with Crippen LogP contribution in [0, 0.1) is 0 Å². The first-order valence-electron chi connectivity index (χ1n) is 7.88. The van der Waals surface area contributed by atoms with E-state index < -0.39 is 0 Å². The van der Waals surface area contributed by atoms with Gasteiger partial charge in [-0.2, -0.15) is 0 Å². The molecular weight excluding hydrogens is 272 g/mol. The van der Waals surface area contributed by atoms with Crippen molar-refractivity contribution in [3.05, 3.63) is 72.8 Å². The van der Waals surface area contributed by atoms with Crippen molar-refractivity contribution in [2.24, 2.45) is 0 Å². The fourth-order valence-electron chi connectivity index (χ4n) is 3.21. The second-order valence-electron chi connectivity index (χ2n) is 5.50. The third-order valence-corrected chi connectivity index (χ3v) is 4.26. The highest BCUT2D eigenvalue weighted by Crippen LogP contribution is 2.32. The average Bonchev–Trinajstić information content (AvgIpc) is 3.24. The maximum absolute atomic E-state index is 4.21. The molecule has 4 nitrogen and oxygen atoms in total. The zero-order chi connectivity index (χ0) is 15.4. The predicted octanol–water partition coefficient (Wildman–Crippen LogP) is 4.08. The second-order valence-corrected chi connectivity index (χ2v) is 5.50. The first-order valence-corrected chi connectivity index (χ1v) is 7.88. The summed E-state index contributed by atoms with van der Waals surface area (Å²) in [6, 6.07) is 9.36. The molecule has 0 radical (unpaired) electrons. The van der Waals surface area contributed by atoms with Crippen LogP contribution in [0.2, 0.25) is 0 Å². The van der Waals surface area contributed by atoms with E-state index in [1.54, 1.807) is 0 Å². The van der Waals surface area contributed by atoms with Crippen molar-refractivity contribution in [1.82, 2.24) is 19.1 Å². The van der Waals surface area contributed by atoms with E-state index in [2.05, 4.69) is 57.2 Å². The minimum atomic E-state index is 0.316. The Balaban J connectivity index is 2.06. The van der Waals surface area contributed by atoms with Gasteiger partial charge in [0.15, 0.2) is 0 Å². The van der Waals surface area contributed by atoms with E-state index in [4.69, 9.17) is 0 Å². The van der Waals surface area contributed by atoms with E-state index in [1.165, 1.54) is 11.1 Å². The lowest BCUT2D eigenvalue weighted by Crippen LogP contribution is -2.15. The summed E-state index contributed by atoms with van der Waals surface area (Å²) in [7, 11) is 0. The summed E-state index contributed by atoms with van der Waals surface area (Å²) >= 11 is 0. The molecule has 0 unspecified atom stereocenters. The fourth-order valence-corrected chi connectivity index (χ4v) is 3.21. The van der Waals surface area contributed by atoms with Crippen molar-refractivity contribution < 1.29 is 0 Å². The smallest absolute Gasteiger partial charge is 0.0951 e. The molecule has 2 atom stereocenters. The Morgan fingerprint density at radius 3 is 1.59 bits per heavy atom. The molecule has 1 aromatic carbocycles. The molecule has 114 valence electrons. The highest BCUT2D eigenvalue weighted by atomic mass is 15.1. The molecule has 22 heavy (non-hydrogen) atoms. The standard InChI is InChI=1S/C18H22N4/c1-3-17(21-11-9-19-13-21)15-7-5-6-8-16(15)18(4-2)22-12-10-20-14-22/h5-14,17-18H,3-4H2,1-2H3/t17-,18-/m0/s1. The highest BCUT2D eigenvalue weighted by Gasteiger charge is 2.20. The molecule has 0 fully saturated rings. The van der Waals surface area contributed by atoms with E-state index in [1.807, 2.05) is 37.4 Å². The molecule has 0 saturated carbocycles. The number of rotatable bonds is 6. The van der Waals surface area contributed by atoms with Crippen molar-refractivity contribution in [2.45, 2.75) is 38.8 Å². The van der Waals surface area contributed by atoms with E-state index in [-0.39, 0.29) is 0 Å². The largest absolute Gasteiger partial charge is 0.330 e. The van der Waals surface area contributed by atoms with Crippen molar-refractivity contribution in [2.75, 3.05) is 0 Å². The number of imidazole rings is 2. The SMILES string of the molecule is CC[C@@H](c1ccccc1[C@H](CC)n1ccnc1)n1ccnc1. The van der Waals surface area contributed by atoms with Gasteiger partial charge in [-0.05, 0) is 24.0 Å². The Morgan fingerprint density at radius 2 is 1.27 bits per heavy atom. The van der Waals surface area contributed by atoms with Crippen molar-refractivity contribution >= 4 is 0 Å². The van der Waals surface area contributed by atoms with Crippen LogP contribution in [0.25, 0.3) is 0 Å². The van der Waals surface area contributed by atoms with Crippen molar-refractivity contribution in [1.29, 1.82) is 0 Å². The van der Waals surface area contributed by atoms with Gasteiger partial charge in [-0.1, -0.05) is 38.1 Å². The molecular formula is C18H22N4. The summed E-state index contributed by atoms with van der Waals surface area (Å²) in [5, 5.41) is 0. The van der Waals surface area contributed by atoms with Crippen LogP contribution in [0.3, 0.4) is 0 Å². The molecule has 0 saturated heterocycles. The molecule has 2 heterocycles. The number of hydrogen-bond donors (Lipinski definition) is 0. The minimum Gasteiger partial charge on any atom is -0.330 e. The lowest BCUT2D eigenvalue weighted by Gasteiger charge is -2.25. The third kappa shape index (κ3) is 2.69. The topological polar surface area (TPSA) is 35.6 Å². The first kappa shape index (κ1) is 14.6. The van der Waals surface area contributed by atoms with Crippen LogP contribution in [0.4, 0.5) is 0 Å². The van der Waals surface area contributed by atoms with Gasteiger partial charge >= 0.3 is 0 Å². The molecule has 2 aromatic heterocycles. The molecule has 0 aliphatic carbocycles. The number of hydrogen-bond acceptors (Lipinski definition) is 2. The minimum absolute atomic E-state index is 0.316. The van der Waals surface area contributed by atoms with Gasteiger partial charge in [0.2, 0.25) is 0 Å². The van der Waals surface area contributed by atoms with Crippen LogP contribution < -0.4 is 0 Å². The number of benzene rings is 1. The Morgan fingerprint density at radius 1 is 0.818 bits per heavy atom. The maximum atomic E-state index is 4.21. The Kier molecular flexibility index (Phi) is 4.37. The van der Waals surface area contributed by atoms with E-state index in [0.29, 0.717) is 12.1 Å². The van der Waals surface area contributed by atoms with Crippen LogP contribution in [-0.4, -0.2) is 19.1 Å².